The third-order valence-electron chi connectivity index (χ3n) is 12.3. The topological polar surface area (TPSA) is 25.3 Å². The molecule has 0 N–H and O–H groups in total. The average molecular weight is 670 g/mol. The molecule has 0 fully saturated rings. The van der Waals surface area contributed by atoms with Gasteiger partial charge in [0.15, 0.2) is 29.7 Å². The van der Waals surface area contributed by atoms with E-state index in [0.29, 0.717) is 5.92 Å². The van der Waals surface area contributed by atoms with Crippen LogP contribution < -0.4 is 9.13 Å². The van der Waals surface area contributed by atoms with E-state index >= 15 is 0 Å². The molecule has 7 heterocycles. The van der Waals surface area contributed by atoms with E-state index in [2.05, 4.69) is 154 Å². The number of furan rings is 1. The number of fused-ring (bicyclic) bond motifs is 19. The molecule has 246 valence electrons. The predicted molar refractivity (Wildman–Crippen MR) is 211 cm³/mol. The van der Waals surface area contributed by atoms with Crippen molar-refractivity contribution in [2.75, 3.05) is 0 Å². The molecule has 4 nitrogen and oxygen atoms in total. The van der Waals surface area contributed by atoms with E-state index in [-0.39, 0.29) is 6.04 Å². The predicted octanol–water partition coefficient (Wildman–Crippen LogP) is 11.1. The number of hydrogen-bond acceptors (Lipinski definition) is 1. The van der Waals surface area contributed by atoms with E-state index in [1.54, 1.807) is 0 Å². The van der Waals surface area contributed by atoms with Crippen LogP contribution in [0.5, 0.6) is 0 Å². The Morgan fingerprint density at radius 3 is 2.42 bits per heavy atom. The van der Waals surface area contributed by atoms with Crippen molar-refractivity contribution in [3.63, 3.8) is 0 Å². The summed E-state index contributed by atoms with van der Waals surface area (Å²) < 4.78 is 14.1. The van der Waals surface area contributed by atoms with E-state index in [1.807, 2.05) is 0 Å². The quantitative estimate of drug-likeness (QED) is 0.148. The van der Waals surface area contributed by atoms with Crippen LogP contribution in [0.1, 0.15) is 41.5 Å². The summed E-state index contributed by atoms with van der Waals surface area (Å²) in [5, 5.41) is 7.37. The molecular formula is C48H35N3O+2. The lowest BCUT2D eigenvalue weighted by Gasteiger charge is -2.31. The van der Waals surface area contributed by atoms with Crippen molar-refractivity contribution in [2.24, 2.45) is 0 Å². The standard InChI is InChI=1S/C48H35N3O/c1-28-17-22-42-39-26-40-36-14-9-13-35-37-20-21-38-34-12-5-6-16-45(34)52-48(38)47(37)51(46(35)36)44(40)25-30(39)18-19-33-31-10-3-4-11-32(31)41-15-7-8-23-49(41)43(33)24-29(2)50(42)27-28/h3-17,20-23,25-27,33,43H,2,18-19,24H2,1H3/q+2. The third kappa shape index (κ3) is 3.66. The average Bonchev–Trinajstić information content (AvgIpc) is 3.84. The molecule has 2 aliphatic rings. The fraction of sp³-hybridized carbons (Fsp3) is 0.125. The molecule has 12 rings (SSSR count). The molecule has 10 aromatic rings. The smallest absolute Gasteiger partial charge is 0.218 e. The number of pyridine rings is 2. The number of nitrogens with zero attached hydrogens (tertiary/aromatic N) is 3. The van der Waals surface area contributed by atoms with Crippen molar-refractivity contribution in [1.82, 2.24) is 4.40 Å². The van der Waals surface area contributed by atoms with E-state index in [0.717, 1.165) is 52.4 Å². The van der Waals surface area contributed by atoms with E-state index < -0.39 is 0 Å². The molecule has 0 aliphatic carbocycles. The second kappa shape index (κ2) is 10.2. The highest BCUT2D eigenvalue weighted by molar-refractivity contribution is 6.28. The zero-order valence-corrected chi connectivity index (χ0v) is 28.9. The molecular weight excluding hydrogens is 635 g/mol. The van der Waals surface area contributed by atoms with E-state index in [4.69, 9.17) is 11.0 Å². The van der Waals surface area contributed by atoms with Crippen molar-refractivity contribution in [3.8, 4) is 22.5 Å². The maximum absolute atomic E-state index is 6.71. The van der Waals surface area contributed by atoms with Crippen molar-refractivity contribution in [3.05, 3.63) is 157 Å². The highest BCUT2D eigenvalue weighted by Gasteiger charge is 2.42. The van der Waals surface area contributed by atoms with Crippen LogP contribution in [0.15, 0.2) is 145 Å². The van der Waals surface area contributed by atoms with Crippen LogP contribution in [-0.2, 0) is 6.42 Å². The summed E-state index contributed by atoms with van der Waals surface area (Å²) in [6.45, 7) is 6.99. The first-order valence-electron chi connectivity index (χ1n) is 18.5. The maximum Gasteiger partial charge on any atom is 0.218 e. The van der Waals surface area contributed by atoms with Gasteiger partial charge >= 0.3 is 0 Å². The molecule has 5 aromatic carbocycles. The van der Waals surface area contributed by atoms with Crippen LogP contribution in [0.3, 0.4) is 0 Å². The maximum atomic E-state index is 6.71. The molecule has 0 bridgehead atoms. The molecule has 0 saturated heterocycles. The first-order valence-corrected chi connectivity index (χ1v) is 18.5. The molecule has 2 unspecified atom stereocenters. The van der Waals surface area contributed by atoms with Gasteiger partial charge in [0.05, 0.1) is 28.5 Å². The van der Waals surface area contributed by atoms with Gasteiger partial charge in [-0.3, -0.25) is 0 Å². The van der Waals surface area contributed by atoms with E-state index in [1.165, 1.54) is 71.8 Å². The molecule has 2 aliphatic heterocycles. The summed E-state index contributed by atoms with van der Waals surface area (Å²) in [7, 11) is 0. The van der Waals surface area contributed by atoms with Crippen molar-refractivity contribution in [2.45, 2.75) is 38.1 Å². The lowest BCUT2D eigenvalue weighted by Crippen LogP contribution is -2.49. The second-order valence-corrected chi connectivity index (χ2v) is 15.0. The lowest BCUT2D eigenvalue weighted by atomic mass is 9.77. The summed E-state index contributed by atoms with van der Waals surface area (Å²) in [5.41, 5.74) is 15.8. The Morgan fingerprint density at radius 1 is 0.692 bits per heavy atom. The van der Waals surface area contributed by atoms with Gasteiger partial charge in [0.25, 0.3) is 0 Å². The summed E-state index contributed by atoms with van der Waals surface area (Å²) in [5.74, 6) is 0.340. The minimum atomic E-state index is 0.258. The van der Waals surface area contributed by atoms with Crippen LogP contribution >= 0.6 is 0 Å². The molecule has 4 heteroatoms. The van der Waals surface area contributed by atoms with Gasteiger partial charge < -0.3 is 8.82 Å². The number of allylic oxidation sites excluding steroid dienone is 1. The Morgan fingerprint density at radius 2 is 1.48 bits per heavy atom. The molecule has 0 radical (unpaired) electrons. The van der Waals surface area contributed by atoms with Gasteiger partial charge in [0.1, 0.15) is 5.58 Å². The fourth-order valence-electron chi connectivity index (χ4n) is 10.0. The normalized spacial score (nSPS) is 17.1. The number of aryl methyl sites for hydroxylation is 2. The van der Waals surface area contributed by atoms with Crippen LogP contribution in [0.2, 0.25) is 0 Å². The van der Waals surface area contributed by atoms with Gasteiger partial charge in [-0.25, -0.2) is 0 Å². The minimum Gasteiger partial charge on any atom is -0.454 e. The first kappa shape index (κ1) is 28.4. The first-order chi connectivity index (χ1) is 25.6. The SMILES string of the molecule is C=C1CC2C(CCc3cc4c(cc3-c3ccc(C)c[n+]31)c1cccc3c5ccc6c7ccccc7oc6c5n4c13)c1ccccc1-c1cccc[n+]12. The number of rotatable bonds is 0. The summed E-state index contributed by atoms with van der Waals surface area (Å²) in [4.78, 5) is 0. The number of benzene rings is 5. The van der Waals surface area contributed by atoms with Gasteiger partial charge in [-0.15, -0.1) is 0 Å². The molecule has 0 saturated carbocycles. The Kier molecular flexibility index (Phi) is 5.56. The number of aromatic nitrogens is 3. The summed E-state index contributed by atoms with van der Waals surface area (Å²) >= 11 is 0. The monoisotopic (exact) mass is 669 g/mol. The van der Waals surface area contributed by atoms with Gasteiger partial charge in [-0.1, -0.05) is 60.7 Å². The zero-order chi connectivity index (χ0) is 34.2. The number of hydrogen-bond donors (Lipinski definition) is 0. The largest absolute Gasteiger partial charge is 0.454 e. The zero-order valence-electron chi connectivity index (χ0n) is 28.9. The van der Waals surface area contributed by atoms with Crippen LogP contribution in [0.25, 0.3) is 88.2 Å². The molecule has 2 atom stereocenters. The molecule has 52 heavy (non-hydrogen) atoms. The van der Waals surface area contributed by atoms with Crippen LogP contribution in [0.4, 0.5) is 0 Å². The van der Waals surface area contributed by atoms with Gasteiger partial charge in [0.2, 0.25) is 11.4 Å². The third-order valence-corrected chi connectivity index (χ3v) is 12.3. The Bertz CT molecular complexity index is 3160. The Hall–Kier alpha value is -6.26. The van der Waals surface area contributed by atoms with Gasteiger partial charge in [-0.2, -0.15) is 9.13 Å². The van der Waals surface area contributed by atoms with Gasteiger partial charge in [0, 0.05) is 67.6 Å². The van der Waals surface area contributed by atoms with Crippen LogP contribution in [-0.4, -0.2) is 4.40 Å². The second-order valence-electron chi connectivity index (χ2n) is 15.0. The highest BCUT2D eigenvalue weighted by atomic mass is 16.3. The Balaban J connectivity index is 1.16. The highest BCUT2D eigenvalue weighted by Crippen LogP contribution is 2.47. The summed E-state index contributed by atoms with van der Waals surface area (Å²) in [6, 6.07) is 45.2. The lowest BCUT2D eigenvalue weighted by molar-refractivity contribution is -0.720. The minimum absolute atomic E-state index is 0.258. The van der Waals surface area contributed by atoms with Crippen LogP contribution in [0, 0.1) is 6.92 Å². The molecule has 5 aromatic heterocycles. The fourth-order valence-corrected chi connectivity index (χ4v) is 10.0. The number of para-hydroxylation sites is 2. The molecule has 0 spiro atoms. The Labute approximate surface area is 300 Å². The van der Waals surface area contributed by atoms with Crippen molar-refractivity contribution in [1.29, 1.82) is 0 Å². The van der Waals surface area contributed by atoms with Gasteiger partial charge in [-0.05, 0) is 79.9 Å². The molecule has 0 amide bonds. The van der Waals surface area contributed by atoms with Crippen molar-refractivity contribution >= 4 is 65.7 Å². The summed E-state index contributed by atoms with van der Waals surface area (Å²) in [6.07, 6.45) is 7.43. The van der Waals surface area contributed by atoms with E-state index in [9.17, 15) is 0 Å². The van der Waals surface area contributed by atoms with Crippen molar-refractivity contribution < 1.29 is 13.6 Å².